The number of hydrogen-bond donors (Lipinski definition) is 1. The van der Waals surface area contributed by atoms with Gasteiger partial charge in [-0.05, 0) is 43.3 Å². The van der Waals surface area contributed by atoms with E-state index in [1.54, 1.807) is 36.3 Å². The zero-order valence-electron chi connectivity index (χ0n) is 17.6. The van der Waals surface area contributed by atoms with Crippen LogP contribution in [-0.2, 0) is 16.6 Å². The van der Waals surface area contributed by atoms with E-state index in [1.807, 2.05) is 37.4 Å². The monoisotopic (exact) mass is 442 g/mol. The van der Waals surface area contributed by atoms with Crippen molar-refractivity contribution in [3.05, 3.63) is 54.7 Å². The predicted octanol–water partition coefficient (Wildman–Crippen LogP) is 3.21. The molecule has 8 nitrogen and oxygen atoms in total. The number of aromatic nitrogens is 1. The van der Waals surface area contributed by atoms with E-state index in [0.29, 0.717) is 24.5 Å². The fourth-order valence-electron chi connectivity index (χ4n) is 3.84. The van der Waals surface area contributed by atoms with E-state index < -0.39 is 10.0 Å². The summed E-state index contributed by atoms with van der Waals surface area (Å²) < 4.78 is 35.1. The third-order valence-corrected chi connectivity index (χ3v) is 7.49. The van der Waals surface area contributed by atoms with Gasteiger partial charge in [-0.2, -0.15) is 4.31 Å². The molecule has 2 heterocycles. The predicted molar refractivity (Wildman–Crippen MR) is 120 cm³/mol. The van der Waals surface area contributed by atoms with E-state index in [1.165, 1.54) is 4.31 Å². The molecule has 1 aromatic heterocycles. The number of amides is 2. The number of sulfonamides is 1. The number of fused-ring (bicyclic) bond motifs is 1. The molecule has 2 amide bonds. The lowest BCUT2D eigenvalue weighted by molar-refractivity contribution is 0.184. The first kappa shape index (κ1) is 21.2. The first-order chi connectivity index (χ1) is 14.9. The Morgan fingerprint density at radius 1 is 1.06 bits per heavy atom. The summed E-state index contributed by atoms with van der Waals surface area (Å²) in [4.78, 5) is 14.5. The van der Waals surface area contributed by atoms with Gasteiger partial charge in [0.25, 0.3) is 0 Å². The van der Waals surface area contributed by atoms with Crippen LogP contribution in [0.25, 0.3) is 10.9 Å². The minimum atomic E-state index is -3.62. The lowest BCUT2D eigenvalue weighted by Crippen LogP contribution is -2.51. The van der Waals surface area contributed by atoms with Crippen LogP contribution in [0.1, 0.15) is 6.92 Å². The van der Waals surface area contributed by atoms with Gasteiger partial charge in [-0.3, -0.25) is 0 Å². The first-order valence-electron chi connectivity index (χ1n) is 10.2. The summed E-state index contributed by atoms with van der Waals surface area (Å²) in [7, 11) is -2.08. The number of carbonyl (C=O) groups is 1. The van der Waals surface area contributed by atoms with Crippen LogP contribution in [0.15, 0.2) is 59.6 Å². The number of urea groups is 1. The molecule has 0 bridgehead atoms. The molecule has 1 saturated heterocycles. The number of nitrogens with one attached hydrogen (secondary N) is 1. The SMILES string of the molecule is CCn1ccc2cc(S(=O)(=O)N3CCN(C(=O)Nc4ccccc4OC)CC3)ccc21. The van der Waals surface area contributed by atoms with Gasteiger partial charge in [0, 0.05) is 49.8 Å². The summed E-state index contributed by atoms with van der Waals surface area (Å²) in [5, 5.41) is 3.74. The van der Waals surface area contributed by atoms with Gasteiger partial charge in [0.2, 0.25) is 10.0 Å². The minimum absolute atomic E-state index is 0.246. The van der Waals surface area contributed by atoms with Crippen molar-refractivity contribution in [2.45, 2.75) is 18.4 Å². The number of para-hydroxylation sites is 2. The highest BCUT2D eigenvalue weighted by Gasteiger charge is 2.30. The molecule has 2 aromatic carbocycles. The molecular formula is C22H26N4O4S. The number of rotatable bonds is 5. The van der Waals surface area contributed by atoms with Gasteiger partial charge in [0.1, 0.15) is 5.75 Å². The van der Waals surface area contributed by atoms with E-state index >= 15 is 0 Å². The van der Waals surface area contributed by atoms with Gasteiger partial charge < -0.3 is 19.5 Å². The zero-order chi connectivity index (χ0) is 22.0. The summed E-state index contributed by atoms with van der Waals surface area (Å²) in [5.41, 5.74) is 1.59. The molecule has 4 rings (SSSR count). The van der Waals surface area contributed by atoms with Crippen LogP contribution in [0.4, 0.5) is 10.5 Å². The number of anilines is 1. The van der Waals surface area contributed by atoms with Gasteiger partial charge in [-0.15, -0.1) is 0 Å². The second-order valence-corrected chi connectivity index (χ2v) is 9.28. The molecule has 0 radical (unpaired) electrons. The molecule has 0 atom stereocenters. The molecule has 3 aromatic rings. The van der Waals surface area contributed by atoms with E-state index in [9.17, 15) is 13.2 Å². The lowest BCUT2D eigenvalue weighted by atomic mass is 10.2. The average molecular weight is 443 g/mol. The third kappa shape index (κ3) is 4.11. The van der Waals surface area contributed by atoms with Crippen molar-refractivity contribution < 1.29 is 17.9 Å². The number of aryl methyl sites for hydroxylation is 1. The number of methoxy groups -OCH3 is 1. The second kappa shape index (κ2) is 8.60. The van der Waals surface area contributed by atoms with Crippen LogP contribution in [0.5, 0.6) is 5.75 Å². The molecule has 1 aliphatic rings. The largest absolute Gasteiger partial charge is 0.495 e. The Hall–Kier alpha value is -3.04. The summed E-state index contributed by atoms with van der Waals surface area (Å²) >= 11 is 0. The van der Waals surface area contributed by atoms with Gasteiger partial charge >= 0.3 is 6.03 Å². The zero-order valence-corrected chi connectivity index (χ0v) is 18.4. The van der Waals surface area contributed by atoms with Crippen LogP contribution in [0, 0.1) is 0 Å². The van der Waals surface area contributed by atoms with Crippen molar-refractivity contribution in [2.24, 2.45) is 0 Å². The van der Waals surface area contributed by atoms with Crippen molar-refractivity contribution in [2.75, 3.05) is 38.6 Å². The summed E-state index contributed by atoms with van der Waals surface area (Å²) in [6.07, 6.45) is 1.96. The molecule has 0 aliphatic carbocycles. The molecule has 164 valence electrons. The van der Waals surface area contributed by atoms with Crippen molar-refractivity contribution in [1.29, 1.82) is 0 Å². The third-order valence-electron chi connectivity index (χ3n) is 5.60. The Bertz CT molecular complexity index is 1200. The Balaban J connectivity index is 1.43. The fourth-order valence-corrected chi connectivity index (χ4v) is 5.30. The maximum atomic E-state index is 13.1. The number of ether oxygens (including phenoxy) is 1. The highest BCUT2D eigenvalue weighted by molar-refractivity contribution is 7.89. The highest BCUT2D eigenvalue weighted by Crippen LogP contribution is 2.25. The second-order valence-electron chi connectivity index (χ2n) is 7.34. The van der Waals surface area contributed by atoms with E-state index in [-0.39, 0.29) is 24.0 Å². The standard InChI is InChI=1S/C22H26N4O4S/c1-3-24-11-10-17-16-18(8-9-20(17)24)31(28,29)26-14-12-25(13-15-26)22(27)23-19-6-4-5-7-21(19)30-2/h4-11,16H,3,12-15H2,1-2H3,(H,23,27). The topological polar surface area (TPSA) is 83.9 Å². The smallest absolute Gasteiger partial charge is 0.322 e. The maximum Gasteiger partial charge on any atom is 0.322 e. The Morgan fingerprint density at radius 3 is 2.52 bits per heavy atom. The molecule has 0 unspecified atom stereocenters. The van der Waals surface area contributed by atoms with Crippen LogP contribution >= 0.6 is 0 Å². The Labute approximate surface area is 182 Å². The van der Waals surface area contributed by atoms with Crippen LogP contribution in [0.2, 0.25) is 0 Å². The maximum absolute atomic E-state index is 13.1. The molecule has 31 heavy (non-hydrogen) atoms. The molecule has 1 fully saturated rings. The Morgan fingerprint density at radius 2 is 1.81 bits per heavy atom. The average Bonchev–Trinajstić information content (AvgIpc) is 3.22. The number of hydrogen-bond acceptors (Lipinski definition) is 4. The van der Waals surface area contributed by atoms with Crippen LogP contribution in [-0.4, -0.2) is 61.5 Å². The normalized spacial score (nSPS) is 15.2. The number of benzene rings is 2. The molecule has 9 heteroatoms. The summed E-state index contributed by atoms with van der Waals surface area (Å²) in [6.45, 7) is 4.00. The van der Waals surface area contributed by atoms with Crippen molar-refractivity contribution >= 4 is 32.6 Å². The number of carbonyl (C=O) groups excluding carboxylic acids is 1. The lowest BCUT2D eigenvalue weighted by Gasteiger charge is -2.34. The van der Waals surface area contributed by atoms with Gasteiger partial charge in [-0.1, -0.05) is 12.1 Å². The molecule has 1 N–H and O–H groups in total. The van der Waals surface area contributed by atoms with Crippen molar-refractivity contribution in [3.63, 3.8) is 0 Å². The van der Waals surface area contributed by atoms with Gasteiger partial charge in [-0.25, -0.2) is 13.2 Å². The Kier molecular flexibility index (Phi) is 5.88. The van der Waals surface area contributed by atoms with E-state index in [4.69, 9.17) is 4.74 Å². The van der Waals surface area contributed by atoms with Gasteiger partial charge in [0.05, 0.1) is 17.7 Å². The van der Waals surface area contributed by atoms with Crippen LogP contribution in [0.3, 0.4) is 0 Å². The fraction of sp³-hybridized carbons (Fsp3) is 0.318. The van der Waals surface area contributed by atoms with Crippen molar-refractivity contribution in [1.82, 2.24) is 13.8 Å². The first-order valence-corrected chi connectivity index (χ1v) is 11.7. The molecule has 0 saturated carbocycles. The minimum Gasteiger partial charge on any atom is -0.495 e. The van der Waals surface area contributed by atoms with E-state index in [0.717, 1.165) is 17.4 Å². The number of nitrogens with zero attached hydrogens (tertiary/aromatic N) is 3. The summed E-state index contributed by atoms with van der Waals surface area (Å²) in [6, 6.07) is 14.1. The number of piperazine rings is 1. The molecular weight excluding hydrogens is 416 g/mol. The van der Waals surface area contributed by atoms with Crippen molar-refractivity contribution in [3.8, 4) is 5.75 Å². The quantitative estimate of drug-likeness (QED) is 0.658. The molecule has 1 aliphatic heterocycles. The molecule has 0 spiro atoms. The van der Waals surface area contributed by atoms with Gasteiger partial charge in [0.15, 0.2) is 0 Å². The van der Waals surface area contributed by atoms with E-state index in [2.05, 4.69) is 9.88 Å². The van der Waals surface area contributed by atoms with Crippen LogP contribution < -0.4 is 10.1 Å². The summed E-state index contributed by atoms with van der Waals surface area (Å²) in [5.74, 6) is 0.573. The highest BCUT2D eigenvalue weighted by atomic mass is 32.2.